The van der Waals surface area contributed by atoms with Gasteiger partial charge in [0.15, 0.2) is 25.0 Å². The molecule has 6 nitrogen and oxygen atoms in total. The second kappa shape index (κ2) is 11.8. The molecule has 0 aromatic rings. The lowest BCUT2D eigenvalue weighted by atomic mass is 10.2. The van der Waals surface area contributed by atoms with Crippen LogP contribution in [0, 0.1) is 0 Å². The Morgan fingerprint density at radius 1 is 0.897 bits per heavy atom. The van der Waals surface area contributed by atoms with Crippen molar-refractivity contribution in [2.45, 2.75) is 83.9 Å². The van der Waals surface area contributed by atoms with Gasteiger partial charge in [0.1, 0.15) is 0 Å². The number of hydrogen-bond donors (Lipinski definition) is 1. The number of ether oxygens (including phenoxy) is 1. The van der Waals surface area contributed by atoms with Crippen molar-refractivity contribution in [3.63, 3.8) is 0 Å². The molecule has 0 aromatic heterocycles. The van der Waals surface area contributed by atoms with Crippen molar-refractivity contribution in [1.82, 2.24) is 5.32 Å². The number of alkyl carbamates (subject to hydrolysis) is 1. The van der Waals surface area contributed by atoms with Crippen LogP contribution >= 0.6 is 0 Å². The minimum Gasteiger partial charge on any atom is -0.450 e. The standard InChI is InChI=1S/C19H43NO5Si4/c1-12-15-18(13-2)20-19(21)22-16-14-17-29(23-26(3,4)5,24-27(6,7)8)25-28(9,10)11/h12-13,18H,1-2,14-17H2,3-11H3,(H,20,21). The molecule has 0 saturated heterocycles. The van der Waals surface area contributed by atoms with Crippen molar-refractivity contribution >= 4 is 39.8 Å². The van der Waals surface area contributed by atoms with Gasteiger partial charge in [-0.25, -0.2) is 4.79 Å². The van der Waals surface area contributed by atoms with Crippen molar-refractivity contribution in [2.75, 3.05) is 6.61 Å². The highest BCUT2D eigenvalue weighted by molar-refractivity contribution is 6.90. The molecule has 1 N–H and O–H groups in total. The van der Waals surface area contributed by atoms with Crippen LogP contribution in [-0.2, 0) is 17.1 Å². The highest BCUT2D eigenvalue weighted by Gasteiger charge is 2.49. The molecule has 29 heavy (non-hydrogen) atoms. The van der Waals surface area contributed by atoms with Gasteiger partial charge in [-0.15, -0.1) is 13.2 Å². The highest BCUT2D eigenvalue weighted by Crippen LogP contribution is 2.29. The van der Waals surface area contributed by atoms with E-state index in [1.807, 2.05) is 0 Å². The van der Waals surface area contributed by atoms with Crippen LogP contribution in [0.3, 0.4) is 0 Å². The summed E-state index contributed by atoms with van der Waals surface area (Å²) >= 11 is 0. The second-order valence-corrected chi connectivity index (χ2v) is 27.1. The molecule has 0 saturated carbocycles. The Kier molecular flexibility index (Phi) is 11.6. The Hall–Kier alpha value is -0.502. The van der Waals surface area contributed by atoms with Crippen LogP contribution in [0.25, 0.3) is 0 Å². The van der Waals surface area contributed by atoms with Gasteiger partial charge in [0.05, 0.1) is 12.6 Å². The third kappa shape index (κ3) is 15.0. The van der Waals surface area contributed by atoms with E-state index in [1.54, 1.807) is 12.2 Å². The fraction of sp³-hybridized carbons (Fsp3) is 0.737. The first-order valence-corrected chi connectivity index (χ1v) is 22.4. The summed E-state index contributed by atoms with van der Waals surface area (Å²) in [6, 6.07) is 0.477. The SMILES string of the molecule is C=CCC(C=C)NC(=O)OCCC[Si](O[Si](C)(C)C)(O[Si](C)(C)C)O[Si](C)(C)C. The molecule has 0 aliphatic rings. The van der Waals surface area contributed by atoms with Gasteiger partial charge in [-0.1, -0.05) is 12.2 Å². The maximum atomic E-state index is 12.0. The van der Waals surface area contributed by atoms with Crippen molar-refractivity contribution in [1.29, 1.82) is 0 Å². The first kappa shape index (κ1) is 28.5. The number of nitrogens with one attached hydrogen (secondary N) is 1. The van der Waals surface area contributed by atoms with E-state index in [0.29, 0.717) is 18.9 Å². The van der Waals surface area contributed by atoms with E-state index in [1.165, 1.54) is 0 Å². The fourth-order valence-corrected chi connectivity index (χ4v) is 17.3. The van der Waals surface area contributed by atoms with Gasteiger partial charge in [0.2, 0.25) is 0 Å². The molecule has 0 fully saturated rings. The zero-order valence-corrected chi connectivity index (χ0v) is 24.0. The molecule has 0 radical (unpaired) electrons. The number of hydrogen-bond acceptors (Lipinski definition) is 5. The van der Waals surface area contributed by atoms with Gasteiger partial charge in [0, 0.05) is 6.04 Å². The van der Waals surface area contributed by atoms with E-state index < -0.39 is 39.8 Å². The molecule has 0 aliphatic carbocycles. The molecule has 170 valence electrons. The molecule has 0 aliphatic heterocycles. The molecule has 1 amide bonds. The summed E-state index contributed by atoms with van der Waals surface area (Å²) in [5, 5.41) is 2.77. The Balaban J connectivity index is 5.13. The second-order valence-electron chi connectivity index (χ2n) is 10.1. The number of rotatable bonds is 14. The normalized spacial score (nSPS) is 14.2. The summed E-state index contributed by atoms with van der Waals surface area (Å²) in [4.78, 5) is 12.0. The maximum absolute atomic E-state index is 12.0. The third-order valence-electron chi connectivity index (χ3n) is 3.25. The van der Waals surface area contributed by atoms with Gasteiger partial charge in [-0.2, -0.15) is 0 Å². The summed E-state index contributed by atoms with van der Waals surface area (Å²) < 4.78 is 25.2. The number of carbonyl (C=O) groups excluding carboxylic acids is 1. The molecule has 0 spiro atoms. The fourth-order valence-electron chi connectivity index (χ4n) is 2.66. The molecular formula is C19H43NO5Si4. The number of carbonyl (C=O) groups is 1. The van der Waals surface area contributed by atoms with E-state index in [0.717, 1.165) is 0 Å². The lowest BCUT2D eigenvalue weighted by molar-refractivity contribution is 0.141. The summed E-state index contributed by atoms with van der Waals surface area (Å²) in [5.74, 6) is 0. The quantitative estimate of drug-likeness (QED) is 0.197. The lowest BCUT2D eigenvalue weighted by Gasteiger charge is -2.42. The van der Waals surface area contributed by atoms with Crippen LogP contribution in [0.1, 0.15) is 12.8 Å². The van der Waals surface area contributed by atoms with Crippen LogP contribution in [0.15, 0.2) is 25.3 Å². The van der Waals surface area contributed by atoms with E-state index >= 15 is 0 Å². The topological polar surface area (TPSA) is 66.0 Å². The summed E-state index contributed by atoms with van der Waals surface area (Å²) in [7, 11) is -8.56. The first-order chi connectivity index (χ1) is 13.0. The summed E-state index contributed by atoms with van der Waals surface area (Å²) in [6.07, 6.45) is 4.22. The lowest BCUT2D eigenvalue weighted by Crippen LogP contribution is -2.60. The maximum Gasteiger partial charge on any atom is 0.469 e. The predicted octanol–water partition coefficient (Wildman–Crippen LogP) is 5.73. The van der Waals surface area contributed by atoms with Gasteiger partial charge >= 0.3 is 14.9 Å². The minimum absolute atomic E-state index is 0.172. The molecule has 0 bridgehead atoms. The average molecular weight is 478 g/mol. The van der Waals surface area contributed by atoms with Crippen LogP contribution in [0.4, 0.5) is 4.79 Å². The van der Waals surface area contributed by atoms with Crippen molar-refractivity contribution in [3.8, 4) is 0 Å². The van der Waals surface area contributed by atoms with Gasteiger partial charge in [-0.05, 0) is 71.8 Å². The van der Waals surface area contributed by atoms with E-state index in [2.05, 4.69) is 77.4 Å². The van der Waals surface area contributed by atoms with Crippen LogP contribution in [-0.4, -0.2) is 52.5 Å². The monoisotopic (exact) mass is 477 g/mol. The van der Waals surface area contributed by atoms with Crippen LogP contribution < -0.4 is 5.32 Å². The van der Waals surface area contributed by atoms with E-state index in [9.17, 15) is 4.79 Å². The van der Waals surface area contributed by atoms with Gasteiger partial charge in [-0.3, -0.25) is 0 Å². The molecule has 0 heterocycles. The van der Waals surface area contributed by atoms with Gasteiger partial charge < -0.3 is 22.4 Å². The zero-order chi connectivity index (χ0) is 22.9. The Labute approximate surface area is 182 Å². The van der Waals surface area contributed by atoms with E-state index in [4.69, 9.17) is 17.1 Å². The first-order valence-electron chi connectivity index (χ1n) is 10.3. The van der Waals surface area contributed by atoms with Gasteiger partial charge in [0.25, 0.3) is 0 Å². The van der Waals surface area contributed by atoms with Crippen molar-refractivity contribution in [3.05, 3.63) is 25.3 Å². The van der Waals surface area contributed by atoms with Crippen LogP contribution in [0.2, 0.25) is 65.0 Å². The zero-order valence-electron chi connectivity index (χ0n) is 20.0. The minimum atomic E-state index is -2.88. The molecule has 1 unspecified atom stereocenters. The van der Waals surface area contributed by atoms with Crippen molar-refractivity contribution < 1.29 is 21.9 Å². The van der Waals surface area contributed by atoms with E-state index in [-0.39, 0.29) is 12.6 Å². The number of amides is 1. The Morgan fingerprint density at radius 3 is 1.69 bits per heavy atom. The average Bonchev–Trinajstić information content (AvgIpc) is 2.45. The molecule has 0 rings (SSSR count). The Morgan fingerprint density at radius 2 is 1.34 bits per heavy atom. The molecular weight excluding hydrogens is 435 g/mol. The summed E-state index contributed by atoms with van der Waals surface area (Å²) in [6.45, 7) is 27.1. The molecule has 10 heteroatoms. The molecule has 0 aromatic carbocycles. The van der Waals surface area contributed by atoms with Crippen LogP contribution in [0.5, 0.6) is 0 Å². The molecule has 1 atom stereocenters. The smallest absolute Gasteiger partial charge is 0.450 e. The third-order valence-corrected chi connectivity index (χ3v) is 15.3. The highest BCUT2D eigenvalue weighted by atomic mass is 28.5. The largest absolute Gasteiger partial charge is 0.469 e. The predicted molar refractivity (Wildman–Crippen MR) is 132 cm³/mol. The summed E-state index contributed by atoms with van der Waals surface area (Å²) in [5.41, 5.74) is 0. The Bertz CT molecular complexity index is 497. The van der Waals surface area contributed by atoms with Crippen molar-refractivity contribution in [2.24, 2.45) is 0 Å².